The minimum Gasteiger partial charge on any atom is -0.462 e. The Hall–Kier alpha value is -2.37. The molecule has 0 saturated heterocycles. The molecule has 62 heavy (non-hydrogen) atoms. The van der Waals surface area contributed by atoms with Gasteiger partial charge in [0, 0.05) is 19.3 Å². The van der Waals surface area contributed by atoms with Crippen LogP contribution >= 0.6 is 0 Å². The fourth-order valence-corrected chi connectivity index (χ4v) is 7.76. The third-order valence-corrected chi connectivity index (χ3v) is 11.9. The highest BCUT2D eigenvalue weighted by molar-refractivity contribution is 5.71. The van der Waals surface area contributed by atoms with Crippen molar-refractivity contribution in [2.45, 2.75) is 290 Å². The Balaban J connectivity index is 4.35. The van der Waals surface area contributed by atoms with Crippen LogP contribution in [0.4, 0.5) is 0 Å². The molecule has 0 rings (SSSR count). The molecule has 0 N–H and O–H groups in total. The second kappa shape index (κ2) is 51.3. The summed E-state index contributed by atoms with van der Waals surface area (Å²) < 4.78 is 16.8. The van der Waals surface area contributed by atoms with Crippen LogP contribution < -0.4 is 0 Å². The van der Waals surface area contributed by atoms with Gasteiger partial charge in [-0.1, -0.05) is 224 Å². The highest BCUT2D eigenvalue weighted by Crippen LogP contribution is 2.15. The van der Waals surface area contributed by atoms with Crippen LogP contribution in [-0.2, 0) is 28.6 Å². The van der Waals surface area contributed by atoms with Crippen LogP contribution in [0.1, 0.15) is 284 Å². The van der Waals surface area contributed by atoms with Crippen molar-refractivity contribution in [3.05, 3.63) is 36.5 Å². The van der Waals surface area contributed by atoms with Gasteiger partial charge in [-0.05, 0) is 77.0 Å². The van der Waals surface area contributed by atoms with Crippen molar-refractivity contribution in [1.29, 1.82) is 0 Å². The molecule has 0 aromatic rings. The molecule has 6 nitrogen and oxygen atoms in total. The second-order valence-electron chi connectivity index (χ2n) is 18.1. The summed E-state index contributed by atoms with van der Waals surface area (Å²) in [5.74, 6) is -0.881. The first-order valence-electron chi connectivity index (χ1n) is 27.0. The summed E-state index contributed by atoms with van der Waals surface area (Å²) in [5, 5.41) is 0. The first-order valence-corrected chi connectivity index (χ1v) is 27.0. The van der Waals surface area contributed by atoms with E-state index in [1.807, 2.05) is 0 Å². The standard InChI is InChI=1S/C56H102O6/c1-4-7-10-13-16-19-22-24-26-28-30-31-34-37-40-43-46-49-55(58)61-52-53(51-60-54(57)48-45-42-39-36-33-21-18-15-12-9-6-3)62-56(59)50-47-44-41-38-35-32-29-27-25-23-20-17-14-11-8-5-2/h16,19,24,26-27,29,53H,4-15,17-18,20-23,25,28,30-52H2,1-3H3/b19-16-,26-24-,29-27-/t53-/m1/s1. The van der Waals surface area contributed by atoms with Gasteiger partial charge in [0.2, 0.25) is 0 Å². The molecule has 362 valence electrons. The number of rotatable bonds is 49. The summed E-state index contributed by atoms with van der Waals surface area (Å²) >= 11 is 0. The molecule has 0 amide bonds. The third kappa shape index (κ3) is 48.7. The molecule has 0 spiro atoms. The van der Waals surface area contributed by atoms with Crippen molar-refractivity contribution in [2.75, 3.05) is 13.2 Å². The Morgan fingerprint density at radius 1 is 0.323 bits per heavy atom. The summed E-state index contributed by atoms with van der Waals surface area (Å²) in [7, 11) is 0. The van der Waals surface area contributed by atoms with Crippen molar-refractivity contribution in [3.63, 3.8) is 0 Å². The average molecular weight is 871 g/mol. The van der Waals surface area contributed by atoms with Crippen LogP contribution in [-0.4, -0.2) is 37.2 Å². The predicted molar refractivity (Wildman–Crippen MR) is 266 cm³/mol. The molecular weight excluding hydrogens is 769 g/mol. The Morgan fingerprint density at radius 2 is 0.581 bits per heavy atom. The van der Waals surface area contributed by atoms with E-state index in [0.717, 1.165) is 77.0 Å². The number of unbranched alkanes of at least 4 members (excludes halogenated alkanes) is 32. The molecule has 0 aromatic heterocycles. The van der Waals surface area contributed by atoms with Crippen LogP contribution in [0.5, 0.6) is 0 Å². The maximum Gasteiger partial charge on any atom is 0.306 e. The summed E-state index contributed by atoms with van der Waals surface area (Å²) in [6.45, 7) is 6.61. The average Bonchev–Trinajstić information content (AvgIpc) is 3.27. The molecule has 0 heterocycles. The van der Waals surface area contributed by atoms with E-state index in [1.165, 1.54) is 167 Å². The molecule has 0 saturated carbocycles. The van der Waals surface area contributed by atoms with E-state index in [2.05, 4.69) is 57.2 Å². The maximum atomic E-state index is 12.8. The molecule has 0 aliphatic heterocycles. The smallest absolute Gasteiger partial charge is 0.306 e. The van der Waals surface area contributed by atoms with Crippen LogP contribution in [0.25, 0.3) is 0 Å². The number of carbonyl (C=O) groups excluding carboxylic acids is 3. The number of esters is 3. The second-order valence-corrected chi connectivity index (χ2v) is 18.1. The quantitative estimate of drug-likeness (QED) is 0.0262. The fourth-order valence-electron chi connectivity index (χ4n) is 7.76. The van der Waals surface area contributed by atoms with Crippen LogP contribution in [0.3, 0.4) is 0 Å². The van der Waals surface area contributed by atoms with Crippen molar-refractivity contribution in [1.82, 2.24) is 0 Å². The van der Waals surface area contributed by atoms with E-state index in [-0.39, 0.29) is 31.1 Å². The summed E-state index contributed by atoms with van der Waals surface area (Å²) in [6, 6.07) is 0. The van der Waals surface area contributed by atoms with Crippen LogP contribution in [0.15, 0.2) is 36.5 Å². The monoisotopic (exact) mass is 871 g/mol. The highest BCUT2D eigenvalue weighted by Gasteiger charge is 2.19. The van der Waals surface area contributed by atoms with Gasteiger partial charge in [0.05, 0.1) is 0 Å². The lowest BCUT2D eigenvalue weighted by atomic mass is 10.1. The van der Waals surface area contributed by atoms with Gasteiger partial charge >= 0.3 is 17.9 Å². The molecule has 0 bridgehead atoms. The van der Waals surface area contributed by atoms with Crippen LogP contribution in [0.2, 0.25) is 0 Å². The van der Waals surface area contributed by atoms with Gasteiger partial charge in [0.1, 0.15) is 13.2 Å². The zero-order chi connectivity index (χ0) is 45.1. The lowest BCUT2D eigenvalue weighted by Gasteiger charge is -2.18. The summed E-state index contributed by atoms with van der Waals surface area (Å²) in [6.07, 6.45) is 59.8. The third-order valence-electron chi connectivity index (χ3n) is 11.9. The number of ether oxygens (including phenoxy) is 3. The van der Waals surface area contributed by atoms with E-state index in [1.54, 1.807) is 0 Å². The molecule has 0 aliphatic carbocycles. The van der Waals surface area contributed by atoms with E-state index < -0.39 is 6.10 Å². The first kappa shape index (κ1) is 59.6. The van der Waals surface area contributed by atoms with E-state index >= 15 is 0 Å². The van der Waals surface area contributed by atoms with E-state index in [4.69, 9.17) is 14.2 Å². The summed E-state index contributed by atoms with van der Waals surface area (Å²) in [5.41, 5.74) is 0. The number of hydrogen-bond donors (Lipinski definition) is 0. The summed E-state index contributed by atoms with van der Waals surface area (Å²) in [4.78, 5) is 38.0. The van der Waals surface area contributed by atoms with Crippen molar-refractivity contribution < 1.29 is 28.6 Å². The van der Waals surface area contributed by atoms with Gasteiger partial charge in [-0.3, -0.25) is 14.4 Å². The van der Waals surface area contributed by atoms with Gasteiger partial charge < -0.3 is 14.2 Å². The molecular formula is C56H102O6. The SMILES string of the molecule is CCCCC/C=C\C/C=C\CCCCCCCCCC(=O)OC[C@@H](COC(=O)CCCCCCCCCCCCC)OC(=O)CCCCCCC/C=C\CCCCCCCCC. The van der Waals surface area contributed by atoms with Gasteiger partial charge in [0.15, 0.2) is 6.10 Å². The zero-order valence-electron chi connectivity index (χ0n) is 41.4. The van der Waals surface area contributed by atoms with Gasteiger partial charge in [-0.25, -0.2) is 0 Å². The van der Waals surface area contributed by atoms with Gasteiger partial charge in [-0.15, -0.1) is 0 Å². The van der Waals surface area contributed by atoms with E-state index in [0.29, 0.717) is 19.3 Å². The highest BCUT2D eigenvalue weighted by atomic mass is 16.6. The molecule has 0 fully saturated rings. The molecule has 0 aromatic carbocycles. The van der Waals surface area contributed by atoms with Gasteiger partial charge in [0.25, 0.3) is 0 Å². The predicted octanol–water partition coefficient (Wildman–Crippen LogP) is 17.7. The fraction of sp³-hybridized carbons (Fsp3) is 0.839. The number of allylic oxidation sites excluding steroid dienone is 6. The molecule has 0 unspecified atom stereocenters. The normalized spacial score (nSPS) is 12.2. The van der Waals surface area contributed by atoms with Crippen molar-refractivity contribution >= 4 is 17.9 Å². The van der Waals surface area contributed by atoms with Crippen molar-refractivity contribution in [2.24, 2.45) is 0 Å². The Morgan fingerprint density at radius 3 is 0.935 bits per heavy atom. The molecule has 1 atom stereocenters. The molecule has 0 aliphatic rings. The van der Waals surface area contributed by atoms with Gasteiger partial charge in [-0.2, -0.15) is 0 Å². The largest absolute Gasteiger partial charge is 0.462 e. The Bertz CT molecular complexity index is 1050. The minimum atomic E-state index is -0.776. The molecule has 0 radical (unpaired) electrons. The molecule has 6 heteroatoms. The number of carbonyl (C=O) groups is 3. The van der Waals surface area contributed by atoms with Crippen LogP contribution in [0, 0.1) is 0 Å². The Kier molecular flexibility index (Phi) is 49.3. The van der Waals surface area contributed by atoms with E-state index in [9.17, 15) is 14.4 Å². The number of hydrogen-bond acceptors (Lipinski definition) is 6. The zero-order valence-corrected chi connectivity index (χ0v) is 41.4. The lowest BCUT2D eigenvalue weighted by molar-refractivity contribution is -0.167. The maximum absolute atomic E-state index is 12.8. The first-order chi connectivity index (χ1) is 30.5. The lowest BCUT2D eigenvalue weighted by Crippen LogP contribution is -2.30. The minimum absolute atomic E-state index is 0.0751. The topological polar surface area (TPSA) is 78.9 Å². The van der Waals surface area contributed by atoms with Crippen molar-refractivity contribution in [3.8, 4) is 0 Å². The Labute approximate surface area is 385 Å².